The number of esters is 1. The van der Waals surface area contributed by atoms with E-state index in [9.17, 15) is 9.59 Å². The van der Waals surface area contributed by atoms with Crippen molar-refractivity contribution in [2.45, 2.75) is 26.7 Å². The monoisotopic (exact) mass is 220 g/mol. The van der Waals surface area contributed by atoms with Crippen LogP contribution in [0.4, 0.5) is 4.79 Å². The van der Waals surface area contributed by atoms with E-state index in [2.05, 4.69) is 0 Å². The molecule has 0 aromatic rings. The standard InChI is InChI=1S/C9H16O4S/c1-3-12-8(10)6-5-7-14-9(11)13-4-2/h3-7H2,1-2H3. The third kappa shape index (κ3) is 7.91. The molecule has 0 bridgehead atoms. The molecule has 0 rings (SSSR count). The van der Waals surface area contributed by atoms with E-state index in [1.54, 1.807) is 13.8 Å². The van der Waals surface area contributed by atoms with Crippen molar-refractivity contribution in [2.24, 2.45) is 0 Å². The summed E-state index contributed by atoms with van der Waals surface area (Å²) in [5, 5.41) is -0.281. The lowest BCUT2D eigenvalue weighted by atomic mass is 10.3. The van der Waals surface area contributed by atoms with Gasteiger partial charge in [-0.2, -0.15) is 0 Å². The normalized spacial score (nSPS) is 9.57. The van der Waals surface area contributed by atoms with Crippen molar-refractivity contribution in [3.63, 3.8) is 0 Å². The van der Waals surface area contributed by atoms with Crippen LogP contribution in [0.2, 0.25) is 0 Å². The van der Waals surface area contributed by atoms with Gasteiger partial charge in [0, 0.05) is 12.2 Å². The van der Waals surface area contributed by atoms with E-state index < -0.39 is 0 Å². The largest absolute Gasteiger partial charge is 0.466 e. The van der Waals surface area contributed by atoms with E-state index in [1.807, 2.05) is 0 Å². The molecule has 0 heterocycles. The number of thioether (sulfide) groups is 1. The lowest BCUT2D eigenvalue weighted by Crippen LogP contribution is -2.04. The zero-order valence-electron chi connectivity index (χ0n) is 8.58. The maximum Gasteiger partial charge on any atom is 0.367 e. The minimum absolute atomic E-state index is 0.211. The fourth-order valence-corrected chi connectivity index (χ4v) is 1.42. The van der Waals surface area contributed by atoms with Crippen LogP contribution in [-0.4, -0.2) is 30.2 Å². The molecule has 4 nitrogen and oxygen atoms in total. The number of rotatable bonds is 6. The van der Waals surface area contributed by atoms with Gasteiger partial charge in [0.15, 0.2) is 0 Å². The molecule has 0 amide bonds. The molecule has 0 aliphatic carbocycles. The lowest BCUT2D eigenvalue weighted by molar-refractivity contribution is -0.143. The van der Waals surface area contributed by atoms with Gasteiger partial charge in [0.2, 0.25) is 0 Å². The van der Waals surface area contributed by atoms with Gasteiger partial charge in [-0.3, -0.25) is 4.79 Å². The van der Waals surface area contributed by atoms with Crippen LogP contribution in [0.15, 0.2) is 0 Å². The Balaban J connectivity index is 3.28. The molecule has 0 atom stereocenters. The van der Waals surface area contributed by atoms with Crippen LogP contribution in [0.1, 0.15) is 26.7 Å². The Labute approximate surface area is 88.3 Å². The highest BCUT2D eigenvalue weighted by atomic mass is 32.2. The Bertz CT molecular complexity index is 162. The maximum absolute atomic E-state index is 10.9. The molecule has 0 spiro atoms. The summed E-state index contributed by atoms with van der Waals surface area (Å²) < 4.78 is 9.44. The second-order valence-corrected chi connectivity index (χ2v) is 3.47. The van der Waals surface area contributed by atoms with Crippen LogP contribution in [0.5, 0.6) is 0 Å². The zero-order chi connectivity index (χ0) is 10.8. The summed E-state index contributed by atoms with van der Waals surface area (Å²) in [5.41, 5.74) is 0. The van der Waals surface area contributed by atoms with E-state index >= 15 is 0 Å². The Morgan fingerprint density at radius 1 is 1.14 bits per heavy atom. The average Bonchev–Trinajstić information content (AvgIpc) is 2.13. The first-order valence-corrected chi connectivity index (χ1v) is 5.64. The fourth-order valence-electron chi connectivity index (χ4n) is 0.765. The second kappa shape index (κ2) is 8.87. The molecule has 5 heteroatoms. The van der Waals surface area contributed by atoms with Crippen molar-refractivity contribution in [1.82, 2.24) is 0 Å². The smallest absolute Gasteiger partial charge is 0.367 e. The molecule has 0 aromatic carbocycles. The molecule has 0 N–H and O–H groups in total. The lowest BCUT2D eigenvalue weighted by Gasteiger charge is -2.01. The predicted molar refractivity (Wildman–Crippen MR) is 55.3 cm³/mol. The predicted octanol–water partition coefficient (Wildman–Crippen LogP) is 2.22. The van der Waals surface area contributed by atoms with Crippen molar-refractivity contribution in [3.05, 3.63) is 0 Å². The van der Waals surface area contributed by atoms with Crippen molar-refractivity contribution >= 4 is 23.0 Å². The highest BCUT2D eigenvalue weighted by Gasteiger charge is 2.04. The van der Waals surface area contributed by atoms with Crippen molar-refractivity contribution in [1.29, 1.82) is 0 Å². The van der Waals surface area contributed by atoms with Gasteiger partial charge in [-0.15, -0.1) is 0 Å². The first-order valence-electron chi connectivity index (χ1n) is 4.65. The number of ether oxygens (including phenoxy) is 2. The Morgan fingerprint density at radius 3 is 2.36 bits per heavy atom. The van der Waals surface area contributed by atoms with E-state index in [0.29, 0.717) is 31.8 Å². The van der Waals surface area contributed by atoms with Gasteiger partial charge >= 0.3 is 11.3 Å². The SMILES string of the molecule is CCOC(=O)CCCSC(=O)OCC. The Kier molecular flexibility index (Phi) is 8.42. The van der Waals surface area contributed by atoms with Gasteiger partial charge in [0.25, 0.3) is 0 Å². The van der Waals surface area contributed by atoms with Gasteiger partial charge in [0.05, 0.1) is 13.2 Å². The third-order valence-electron chi connectivity index (χ3n) is 1.31. The van der Waals surface area contributed by atoms with Crippen molar-refractivity contribution in [2.75, 3.05) is 19.0 Å². The van der Waals surface area contributed by atoms with Gasteiger partial charge in [0.1, 0.15) is 0 Å². The minimum Gasteiger partial charge on any atom is -0.466 e. The molecular formula is C9H16O4S. The van der Waals surface area contributed by atoms with Crippen LogP contribution >= 0.6 is 11.8 Å². The quantitative estimate of drug-likeness (QED) is 0.507. The summed E-state index contributed by atoms with van der Waals surface area (Å²) in [6, 6.07) is 0. The van der Waals surface area contributed by atoms with E-state index in [4.69, 9.17) is 9.47 Å². The molecule has 0 unspecified atom stereocenters. The summed E-state index contributed by atoms with van der Waals surface area (Å²) in [5.74, 6) is 0.384. The second-order valence-electron chi connectivity index (χ2n) is 2.44. The van der Waals surface area contributed by atoms with Crippen molar-refractivity contribution < 1.29 is 19.1 Å². The van der Waals surface area contributed by atoms with Gasteiger partial charge in [-0.25, -0.2) is 4.79 Å². The van der Waals surface area contributed by atoms with Crippen LogP contribution in [0, 0.1) is 0 Å². The van der Waals surface area contributed by atoms with Gasteiger partial charge in [-0.05, 0) is 32.0 Å². The summed E-state index contributed by atoms with van der Waals surface area (Å²) in [6.07, 6.45) is 1.00. The van der Waals surface area contributed by atoms with Gasteiger partial charge < -0.3 is 9.47 Å². The molecule has 0 saturated carbocycles. The van der Waals surface area contributed by atoms with Crippen molar-refractivity contribution in [3.8, 4) is 0 Å². The average molecular weight is 220 g/mol. The molecule has 0 fully saturated rings. The Hall–Kier alpha value is -0.710. The van der Waals surface area contributed by atoms with Gasteiger partial charge in [-0.1, -0.05) is 0 Å². The highest BCUT2D eigenvalue weighted by molar-refractivity contribution is 8.13. The number of hydrogen-bond acceptors (Lipinski definition) is 5. The topological polar surface area (TPSA) is 52.6 Å². The van der Waals surface area contributed by atoms with Crippen LogP contribution in [0.25, 0.3) is 0 Å². The van der Waals surface area contributed by atoms with E-state index in [-0.39, 0.29) is 11.3 Å². The molecule has 14 heavy (non-hydrogen) atoms. The third-order valence-corrected chi connectivity index (χ3v) is 2.16. The van der Waals surface area contributed by atoms with Crippen LogP contribution in [0.3, 0.4) is 0 Å². The summed E-state index contributed by atoms with van der Waals surface area (Å²) in [6.45, 7) is 4.33. The molecule has 0 saturated heterocycles. The first-order chi connectivity index (χ1) is 6.70. The summed E-state index contributed by atoms with van der Waals surface area (Å²) in [7, 11) is 0. The van der Waals surface area contributed by atoms with Crippen LogP contribution < -0.4 is 0 Å². The number of carbonyl (C=O) groups excluding carboxylic acids is 2. The van der Waals surface area contributed by atoms with Crippen LogP contribution in [-0.2, 0) is 14.3 Å². The Morgan fingerprint density at radius 2 is 1.79 bits per heavy atom. The molecular weight excluding hydrogens is 204 g/mol. The maximum atomic E-state index is 10.9. The first kappa shape index (κ1) is 13.3. The molecule has 0 aliphatic rings. The molecule has 0 aliphatic heterocycles. The van der Waals surface area contributed by atoms with E-state index in [0.717, 1.165) is 11.8 Å². The molecule has 0 aromatic heterocycles. The minimum atomic E-state index is -0.281. The molecule has 82 valence electrons. The van der Waals surface area contributed by atoms with E-state index in [1.165, 1.54) is 0 Å². The summed E-state index contributed by atoms with van der Waals surface area (Å²) in [4.78, 5) is 21.7. The number of hydrogen-bond donors (Lipinski definition) is 0. The summed E-state index contributed by atoms with van der Waals surface area (Å²) >= 11 is 1.09. The fraction of sp³-hybridized carbons (Fsp3) is 0.778. The highest BCUT2D eigenvalue weighted by Crippen LogP contribution is 2.08. The molecule has 0 radical (unpaired) electrons. The number of carbonyl (C=O) groups is 2. The zero-order valence-corrected chi connectivity index (χ0v) is 9.39.